The molecule has 94 valence electrons. The van der Waals surface area contributed by atoms with Gasteiger partial charge >= 0.3 is 0 Å². The molecule has 0 amide bonds. The van der Waals surface area contributed by atoms with Gasteiger partial charge in [-0.1, -0.05) is 0 Å². The lowest BCUT2D eigenvalue weighted by Crippen LogP contribution is -2.31. The van der Waals surface area contributed by atoms with Gasteiger partial charge in [0.25, 0.3) is 0 Å². The second kappa shape index (κ2) is 7.83. The maximum atomic E-state index is 8.50. The Kier molecular flexibility index (Phi) is 6.31. The van der Waals surface area contributed by atoms with Crippen LogP contribution in [-0.2, 0) is 4.74 Å². The van der Waals surface area contributed by atoms with Crippen LogP contribution in [0.5, 0.6) is 0 Å². The van der Waals surface area contributed by atoms with Crippen LogP contribution in [0.1, 0.15) is 0 Å². The Morgan fingerprint density at radius 1 is 1.29 bits per heavy atom. The Hall–Kier alpha value is -1.37. The van der Waals surface area contributed by atoms with Crippen LogP contribution in [-0.4, -0.2) is 36.6 Å². The van der Waals surface area contributed by atoms with Gasteiger partial charge in [0.15, 0.2) is 5.11 Å². The highest BCUT2D eigenvalue weighted by Crippen LogP contribution is 2.09. The molecule has 0 spiro atoms. The molecule has 0 atom stereocenters. The minimum atomic E-state index is 0.0358. The fourth-order valence-electron chi connectivity index (χ4n) is 1.15. The van der Waals surface area contributed by atoms with Crippen LogP contribution < -0.4 is 16.4 Å². The number of aliphatic hydroxyl groups is 1. The molecule has 0 saturated carbocycles. The molecule has 17 heavy (non-hydrogen) atoms. The number of hydrogen-bond acceptors (Lipinski definition) is 4. The summed E-state index contributed by atoms with van der Waals surface area (Å²) in [5.74, 6) is 0. The van der Waals surface area contributed by atoms with Gasteiger partial charge in [0.05, 0.1) is 19.8 Å². The zero-order chi connectivity index (χ0) is 12.5. The van der Waals surface area contributed by atoms with Crippen molar-refractivity contribution in [3.05, 3.63) is 24.3 Å². The van der Waals surface area contributed by atoms with Gasteiger partial charge in [-0.05, 0) is 36.5 Å². The summed E-state index contributed by atoms with van der Waals surface area (Å²) in [6.45, 7) is 1.49. The molecule has 0 unspecified atom stereocenters. The van der Waals surface area contributed by atoms with Crippen LogP contribution in [0, 0.1) is 0 Å². The summed E-state index contributed by atoms with van der Waals surface area (Å²) < 4.78 is 5.08. The van der Waals surface area contributed by atoms with Crippen molar-refractivity contribution in [2.24, 2.45) is 0 Å². The Morgan fingerprint density at radius 3 is 2.65 bits per heavy atom. The van der Waals surface area contributed by atoms with E-state index in [2.05, 4.69) is 10.6 Å². The van der Waals surface area contributed by atoms with Gasteiger partial charge < -0.3 is 26.2 Å². The Labute approximate surface area is 106 Å². The molecule has 1 aromatic carbocycles. The summed E-state index contributed by atoms with van der Waals surface area (Å²) >= 11 is 5.09. The third-order valence-electron chi connectivity index (χ3n) is 1.94. The summed E-state index contributed by atoms with van der Waals surface area (Å²) in [7, 11) is 0. The van der Waals surface area contributed by atoms with Crippen LogP contribution in [0.25, 0.3) is 0 Å². The average Bonchev–Trinajstić information content (AvgIpc) is 2.32. The van der Waals surface area contributed by atoms with Gasteiger partial charge in [-0.2, -0.15) is 0 Å². The predicted molar refractivity (Wildman–Crippen MR) is 73.0 cm³/mol. The monoisotopic (exact) mass is 255 g/mol. The maximum Gasteiger partial charge on any atom is 0.170 e. The standard InChI is InChI=1S/C11H17N3O2S/c12-9-1-3-10(4-2-9)14-11(17)13-5-7-16-8-6-15/h1-4,15H,5-8,12H2,(H2,13,14,17). The number of ether oxygens (including phenoxy) is 1. The Balaban J connectivity index is 2.18. The SMILES string of the molecule is Nc1ccc(NC(=S)NCCOCCO)cc1. The molecule has 0 saturated heterocycles. The highest BCUT2D eigenvalue weighted by molar-refractivity contribution is 7.80. The van der Waals surface area contributed by atoms with Crippen molar-refractivity contribution in [1.29, 1.82) is 0 Å². The van der Waals surface area contributed by atoms with E-state index in [1.165, 1.54) is 0 Å². The molecular formula is C11H17N3O2S. The van der Waals surface area contributed by atoms with Crippen LogP contribution in [0.4, 0.5) is 11.4 Å². The maximum absolute atomic E-state index is 8.50. The Bertz CT molecular complexity index is 343. The second-order valence-corrected chi connectivity index (χ2v) is 3.75. The number of rotatable bonds is 6. The van der Waals surface area contributed by atoms with Crippen molar-refractivity contribution in [2.45, 2.75) is 0 Å². The van der Waals surface area contributed by atoms with E-state index >= 15 is 0 Å². The number of benzene rings is 1. The van der Waals surface area contributed by atoms with E-state index < -0.39 is 0 Å². The summed E-state index contributed by atoms with van der Waals surface area (Å²) in [4.78, 5) is 0. The van der Waals surface area contributed by atoms with Gasteiger partial charge in [-0.3, -0.25) is 0 Å². The van der Waals surface area contributed by atoms with Crippen LogP contribution in [0.15, 0.2) is 24.3 Å². The van der Waals surface area contributed by atoms with E-state index in [4.69, 9.17) is 27.8 Å². The topological polar surface area (TPSA) is 79.5 Å². The van der Waals surface area contributed by atoms with Crippen molar-refractivity contribution in [2.75, 3.05) is 37.4 Å². The third kappa shape index (κ3) is 6.06. The van der Waals surface area contributed by atoms with E-state index in [1.54, 1.807) is 12.1 Å². The lowest BCUT2D eigenvalue weighted by molar-refractivity contribution is 0.0959. The van der Waals surface area contributed by atoms with Crippen molar-refractivity contribution >= 4 is 28.7 Å². The Morgan fingerprint density at radius 2 is 2.00 bits per heavy atom. The lowest BCUT2D eigenvalue weighted by atomic mass is 10.3. The number of hydrogen-bond donors (Lipinski definition) is 4. The number of nitrogen functional groups attached to an aromatic ring is 1. The molecule has 5 N–H and O–H groups in total. The second-order valence-electron chi connectivity index (χ2n) is 3.34. The van der Waals surface area contributed by atoms with E-state index in [0.717, 1.165) is 5.69 Å². The molecule has 6 heteroatoms. The molecule has 0 radical (unpaired) electrons. The van der Waals surface area contributed by atoms with Crippen LogP contribution >= 0.6 is 12.2 Å². The summed E-state index contributed by atoms with van der Waals surface area (Å²) in [6, 6.07) is 7.31. The first-order valence-corrected chi connectivity index (χ1v) is 5.72. The molecular weight excluding hydrogens is 238 g/mol. The summed E-state index contributed by atoms with van der Waals surface area (Å²) in [6.07, 6.45) is 0. The third-order valence-corrected chi connectivity index (χ3v) is 2.18. The molecule has 0 bridgehead atoms. The van der Waals surface area contributed by atoms with Crippen molar-refractivity contribution in [3.8, 4) is 0 Å². The molecule has 0 heterocycles. The summed E-state index contributed by atoms with van der Waals surface area (Å²) in [5, 5.41) is 15.0. The van der Waals surface area contributed by atoms with E-state index in [9.17, 15) is 0 Å². The highest BCUT2D eigenvalue weighted by atomic mass is 32.1. The first-order chi connectivity index (χ1) is 8.22. The zero-order valence-electron chi connectivity index (χ0n) is 9.48. The van der Waals surface area contributed by atoms with Crippen molar-refractivity contribution < 1.29 is 9.84 Å². The van der Waals surface area contributed by atoms with Gasteiger partial charge in [0.2, 0.25) is 0 Å². The zero-order valence-corrected chi connectivity index (χ0v) is 10.3. The fraction of sp³-hybridized carbons (Fsp3) is 0.364. The number of aliphatic hydroxyl groups excluding tert-OH is 1. The summed E-state index contributed by atoms with van der Waals surface area (Å²) in [5.41, 5.74) is 7.17. The first kappa shape index (κ1) is 13.7. The molecule has 0 aliphatic rings. The van der Waals surface area contributed by atoms with Gasteiger partial charge in [-0.25, -0.2) is 0 Å². The molecule has 0 aromatic heterocycles. The number of thiocarbonyl (C=S) groups is 1. The van der Waals surface area contributed by atoms with Gasteiger partial charge in [0.1, 0.15) is 0 Å². The smallest absolute Gasteiger partial charge is 0.170 e. The minimum Gasteiger partial charge on any atom is -0.399 e. The molecule has 5 nitrogen and oxygen atoms in total. The molecule has 0 aliphatic carbocycles. The van der Waals surface area contributed by atoms with Gasteiger partial charge in [0, 0.05) is 17.9 Å². The molecule has 1 aromatic rings. The van der Waals surface area contributed by atoms with Crippen molar-refractivity contribution in [1.82, 2.24) is 5.32 Å². The molecule has 0 aliphatic heterocycles. The average molecular weight is 255 g/mol. The number of anilines is 2. The number of nitrogens with two attached hydrogens (primary N) is 1. The quantitative estimate of drug-likeness (QED) is 0.338. The lowest BCUT2D eigenvalue weighted by Gasteiger charge is -2.10. The molecule has 1 rings (SSSR count). The van der Waals surface area contributed by atoms with Gasteiger partial charge in [-0.15, -0.1) is 0 Å². The van der Waals surface area contributed by atoms with E-state index in [1.807, 2.05) is 12.1 Å². The largest absolute Gasteiger partial charge is 0.399 e. The highest BCUT2D eigenvalue weighted by Gasteiger charge is 1.96. The normalized spacial score (nSPS) is 9.94. The van der Waals surface area contributed by atoms with Crippen molar-refractivity contribution in [3.63, 3.8) is 0 Å². The first-order valence-electron chi connectivity index (χ1n) is 5.31. The van der Waals surface area contributed by atoms with E-state index in [0.29, 0.717) is 30.6 Å². The fourth-order valence-corrected chi connectivity index (χ4v) is 1.36. The van der Waals surface area contributed by atoms with E-state index in [-0.39, 0.29) is 6.61 Å². The van der Waals surface area contributed by atoms with Crippen LogP contribution in [0.2, 0.25) is 0 Å². The van der Waals surface area contributed by atoms with Crippen LogP contribution in [0.3, 0.4) is 0 Å². The minimum absolute atomic E-state index is 0.0358. The number of nitrogens with one attached hydrogen (secondary N) is 2. The molecule has 0 fully saturated rings. The predicted octanol–water partition coefficient (Wildman–Crippen LogP) is 0.564.